The average molecular weight is 180 g/mol. The largest absolute Gasteiger partial charge is 0.279 e. The smallest absolute Gasteiger partial charge is 0.240 e. The van der Waals surface area contributed by atoms with E-state index in [-0.39, 0.29) is 0 Å². The minimum Gasteiger partial charge on any atom is -0.279 e. The van der Waals surface area contributed by atoms with Crippen molar-refractivity contribution in [3.05, 3.63) is 17.5 Å². The zero-order valence-electron chi connectivity index (χ0n) is 8.41. The minimum absolute atomic E-state index is 0.611. The Hall–Kier alpha value is -1.16. The lowest BCUT2D eigenvalue weighted by Gasteiger charge is -2.15. The van der Waals surface area contributed by atoms with Crippen LogP contribution in [0.25, 0.3) is 0 Å². The third-order valence-corrected chi connectivity index (χ3v) is 1.69. The van der Waals surface area contributed by atoms with Gasteiger partial charge in [-0.25, -0.2) is 15.8 Å². The van der Waals surface area contributed by atoms with Crippen molar-refractivity contribution in [1.82, 2.24) is 9.97 Å². The molecule has 0 amide bonds. The summed E-state index contributed by atoms with van der Waals surface area (Å²) in [5.74, 6) is 6.36. The molecule has 0 aromatic carbocycles. The molecular formula is C9H16N4. The first kappa shape index (κ1) is 9.92. The molecule has 4 heteroatoms. The Morgan fingerprint density at radius 2 is 1.85 bits per heavy atom. The molecule has 13 heavy (non-hydrogen) atoms. The number of hydrogen-bond donors (Lipinski definition) is 1. The molecule has 0 aliphatic heterocycles. The van der Waals surface area contributed by atoms with Gasteiger partial charge in [-0.1, -0.05) is 6.92 Å². The molecule has 0 saturated heterocycles. The first-order valence-corrected chi connectivity index (χ1v) is 4.48. The summed E-state index contributed by atoms with van der Waals surface area (Å²) in [6, 6.07) is 1.93. The summed E-state index contributed by atoms with van der Waals surface area (Å²) >= 11 is 0. The van der Waals surface area contributed by atoms with E-state index in [0.29, 0.717) is 5.95 Å². The lowest BCUT2D eigenvalue weighted by atomic mass is 10.3. The van der Waals surface area contributed by atoms with E-state index in [2.05, 4.69) is 16.9 Å². The van der Waals surface area contributed by atoms with Crippen LogP contribution < -0.4 is 10.9 Å². The minimum atomic E-state index is 0.611. The first-order chi connectivity index (χ1) is 6.13. The van der Waals surface area contributed by atoms with E-state index in [1.807, 2.05) is 19.9 Å². The SMILES string of the molecule is CCCN(N)c1nc(C)cc(C)n1. The summed E-state index contributed by atoms with van der Waals surface area (Å²) in [6.07, 6.45) is 0.993. The maximum Gasteiger partial charge on any atom is 0.240 e. The molecule has 1 aromatic rings. The summed E-state index contributed by atoms with van der Waals surface area (Å²) in [6.45, 7) is 6.74. The number of aromatic nitrogens is 2. The Morgan fingerprint density at radius 3 is 2.31 bits per heavy atom. The predicted molar refractivity (Wildman–Crippen MR) is 53.3 cm³/mol. The fraction of sp³-hybridized carbons (Fsp3) is 0.556. The van der Waals surface area contributed by atoms with E-state index in [1.165, 1.54) is 0 Å². The maximum absolute atomic E-state index is 5.75. The Kier molecular flexibility index (Phi) is 3.19. The number of aryl methyl sites for hydroxylation is 2. The predicted octanol–water partition coefficient (Wildman–Crippen LogP) is 1.18. The van der Waals surface area contributed by atoms with Crippen LogP contribution >= 0.6 is 0 Å². The Morgan fingerprint density at radius 1 is 1.31 bits per heavy atom. The molecule has 1 aromatic heterocycles. The average Bonchev–Trinajstić information content (AvgIpc) is 2.03. The summed E-state index contributed by atoms with van der Waals surface area (Å²) < 4.78 is 0. The Bertz CT molecular complexity index is 265. The number of nitrogens with zero attached hydrogens (tertiary/aromatic N) is 3. The van der Waals surface area contributed by atoms with Gasteiger partial charge in [-0.2, -0.15) is 0 Å². The number of nitrogens with two attached hydrogens (primary N) is 1. The van der Waals surface area contributed by atoms with Gasteiger partial charge >= 0.3 is 0 Å². The number of anilines is 1. The molecule has 0 fully saturated rings. The van der Waals surface area contributed by atoms with Gasteiger partial charge in [-0.05, 0) is 26.3 Å². The summed E-state index contributed by atoms with van der Waals surface area (Å²) in [4.78, 5) is 8.48. The molecule has 0 radical (unpaired) electrons. The van der Waals surface area contributed by atoms with Crippen LogP contribution in [0.1, 0.15) is 24.7 Å². The van der Waals surface area contributed by atoms with Crippen LogP contribution in [0.5, 0.6) is 0 Å². The molecule has 1 heterocycles. The standard InChI is InChI=1S/C9H16N4/c1-4-5-13(10)9-11-7(2)6-8(3)12-9/h6H,4-5,10H2,1-3H3. The van der Waals surface area contributed by atoms with Crippen molar-refractivity contribution in [1.29, 1.82) is 0 Å². The molecule has 0 aliphatic rings. The van der Waals surface area contributed by atoms with Gasteiger partial charge in [0.2, 0.25) is 5.95 Å². The van der Waals surface area contributed by atoms with Crippen molar-refractivity contribution >= 4 is 5.95 Å². The van der Waals surface area contributed by atoms with E-state index in [1.54, 1.807) is 5.01 Å². The van der Waals surface area contributed by atoms with Crippen LogP contribution in [0.4, 0.5) is 5.95 Å². The lowest BCUT2D eigenvalue weighted by Crippen LogP contribution is -2.33. The molecular weight excluding hydrogens is 164 g/mol. The highest BCUT2D eigenvalue weighted by molar-refractivity contribution is 5.29. The van der Waals surface area contributed by atoms with Gasteiger partial charge in [0.15, 0.2) is 0 Å². The van der Waals surface area contributed by atoms with Crippen LogP contribution in [0.2, 0.25) is 0 Å². The second-order valence-corrected chi connectivity index (χ2v) is 3.14. The van der Waals surface area contributed by atoms with Crippen LogP contribution in [-0.2, 0) is 0 Å². The van der Waals surface area contributed by atoms with Crippen molar-refractivity contribution < 1.29 is 0 Å². The van der Waals surface area contributed by atoms with E-state index < -0.39 is 0 Å². The molecule has 0 saturated carbocycles. The fourth-order valence-corrected chi connectivity index (χ4v) is 1.18. The topological polar surface area (TPSA) is 55.0 Å². The molecule has 4 nitrogen and oxygen atoms in total. The summed E-state index contributed by atoms with van der Waals surface area (Å²) in [5.41, 5.74) is 1.91. The lowest BCUT2D eigenvalue weighted by molar-refractivity contribution is 0.766. The molecule has 0 atom stereocenters. The van der Waals surface area contributed by atoms with E-state index >= 15 is 0 Å². The summed E-state index contributed by atoms with van der Waals surface area (Å²) in [7, 11) is 0. The fourth-order valence-electron chi connectivity index (χ4n) is 1.18. The van der Waals surface area contributed by atoms with Gasteiger partial charge in [0, 0.05) is 17.9 Å². The van der Waals surface area contributed by atoms with Gasteiger partial charge in [0.25, 0.3) is 0 Å². The van der Waals surface area contributed by atoms with Crippen molar-refractivity contribution in [3.63, 3.8) is 0 Å². The van der Waals surface area contributed by atoms with Crippen molar-refractivity contribution in [2.45, 2.75) is 27.2 Å². The maximum atomic E-state index is 5.75. The number of hydrazine groups is 1. The van der Waals surface area contributed by atoms with E-state index in [0.717, 1.165) is 24.4 Å². The van der Waals surface area contributed by atoms with Gasteiger partial charge in [-0.3, -0.25) is 5.01 Å². The second-order valence-electron chi connectivity index (χ2n) is 3.14. The third kappa shape index (κ3) is 2.66. The molecule has 72 valence electrons. The Balaban J connectivity index is 2.87. The highest BCUT2D eigenvalue weighted by atomic mass is 15.5. The van der Waals surface area contributed by atoms with E-state index in [4.69, 9.17) is 5.84 Å². The van der Waals surface area contributed by atoms with Crippen LogP contribution in [0.15, 0.2) is 6.07 Å². The zero-order chi connectivity index (χ0) is 9.84. The molecule has 1 rings (SSSR count). The van der Waals surface area contributed by atoms with Crippen molar-refractivity contribution in [2.24, 2.45) is 5.84 Å². The molecule has 0 bridgehead atoms. The molecule has 0 aliphatic carbocycles. The molecule has 0 unspecified atom stereocenters. The molecule has 0 spiro atoms. The Labute approximate surface area is 78.8 Å². The number of rotatable bonds is 3. The second kappa shape index (κ2) is 4.18. The van der Waals surface area contributed by atoms with Crippen LogP contribution in [0.3, 0.4) is 0 Å². The summed E-state index contributed by atoms with van der Waals surface area (Å²) in [5, 5.41) is 1.58. The monoisotopic (exact) mass is 180 g/mol. The van der Waals surface area contributed by atoms with Gasteiger partial charge < -0.3 is 0 Å². The third-order valence-electron chi connectivity index (χ3n) is 1.69. The van der Waals surface area contributed by atoms with Gasteiger partial charge in [0.05, 0.1) is 0 Å². The molecule has 2 N–H and O–H groups in total. The normalized spacial score (nSPS) is 10.2. The van der Waals surface area contributed by atoms with Crippen LogP contribution in [-0.4, -0.2) is 16.5 Å². The first-order valence-electron chi connectivity index (χ1n) is 4.48. The highest BCUT2D eigenvalue weighted by Crippen LogP contribution is 2.06. The van der Waals surface area contributed by atoms with Gasteiger partial charge in [0.1, 0.15) is 0 Å². The quantitative estimate of drug-likeness (QED) is 0.560. The van der Waals surface area contributed by atoms with Crippen LogP contribution in [0, 0.1) is 13.8 Å². The van der Waals surface area contributed by atoms with E-state index in [9.17, 15) is 0 Å². The van der Waals surface area contributed by atoms with Gasteiger partial charge in [-0.15, -0.1) is 0 Å². The zero-order valence-corrected chi connectivity index (χ0v) is 8.41. The number of hydrogen-bond acceptors (Lipinski definition) is 4. The van der Waals surface area contributed by atoms with Crippen molar-refractivity contribution in [2.75, 3.05) is 11.6 Å². The highest BCUT2D eigenvalue weighted by Gasteiger charge is 2.04. The van der Waals surface area contributed by atoms with Crippen molar-refractivity contribution in [3.8, 4) is 0 Å².